The van der Waals surface area contributed by atoms with Gasteiger partial charge in [0.2, 0.25) is 5.91 Å². The van der Waals surface area contributed by atoms with Crippen molar-refractivity contribution >= 4 is 12.0 Å². The summed E-state index contributed by atoms with van der Waals surface area (Å²) in [4.78, 5) is 18.3. The maximum absolute atomic E-state index is 12.3. The van der Waals surface area contributed by atoms with Crippen LogP contribution in [0, 0.1) is 5.92 Å². The summed E-state index contributed by atoms with van der Waals surface area (Å²) in [5.74, 6) is -0.0181. The van der Waals surface area contributed by atoms with Crippen LogP contribution < -0.4 is 0 Å². The quantitative estimate of drug-likeness (QED) is 0.881. The predicted molar refractivity (Wildman–Crippen MR) is 89.5 cm³/mol. The highest BCUT2D eigenvalue weighted by atomic mass is 16.3. The maximum atomic E-state index is 12.3. The molecule has 0 aliphatic carbocycles. The van der Waals surface area contributed by atoms with Gasteiger partial charge in [-0.05, 0) is 30.2 Å². The number of nitrogens with zero attached hydrogens (tertiary/aromatic N) is 2. The predicted octanol–water partition coefficient (Wildman–Crippen LogP) is 2.16. The Bertz CT molecular complexity index is 670. The third-order valence-electron chi connectivity index (χ3n) is 4.13. The van der Waals surface area contributed by atoms with Crippen molar-refractivity contribution in [3.05, 3.63) is 72.1 Å². The number of β-amino-alcohol motifs (C(OH)–C–C–N with tert-alkyl or cyclic N) is 1. The topological polar surface area (TPSA) is 53.4 Å². The van der Waals surface area contributed by atoms with E-state index >= 15 is 0 Å². The fourth-order valence-corrected chi connectivity index (χ4v) is 2.86. The van der Waals surface area contributed by atoms with Crippen molar-refractivity contribution in [1.82, 2.24) is 9.88 Å². The van der Waals surface area contributed by atoms with E-state index in [9.17, 15) is 9.90 Å². The molecular weight excluding hydrogens is 288 g/mol. The van der Waals surface area contributed by atoms with Crippen LogP contribution in [0.3, 0.4) is 0 Å². The normalized spacial score (nSPS) is 21.0. The van der Waals surface area contributed by atoms with Crippen LogP contribution in [0.4, 0.5) is 0 Å². The zero-order chi connectivity index (χ0) is 16.1. The van der Waals surface area contributed by atoms with Crippen LogP contribution in [0.1, 0.15) is 11.3 Å². The lowest BCUT2D eigenvalue weighted by Crippen LogP contribution is -2.27. The number of rotatable bonds is 4. The highest BCUT2D eigenvalue weighted by Gasteiger charge is 2.33. The first-order valence-electron chi connectivity index (χ1n) is 7.82. The standard InChI is InChI=1S/C19H20N2O2/c22-18-14-21(13-16(18)12-17-8-4-5-11-20-17)19(23)10-9-15-6-2-1-3-7-15/h1-11,16,18,22H,12-14H2/t16-,18-/m1/s1. The SMILES string of the molecule is O=C(C=Cc1ccccc1)N1C[C@@H](Cc2ccccn2)[C@H](O)C1. The molecule has 0 bridgehead atoms. The largest absolute Gasteiger partial charge is 0.391 e. The maximum Gasteiger partial charge on any atom is 0.246 e. The van der Waals surface area contributed by atoms with E-state index in [2.05, 4.69) is 4.98 Å². The highest BCUT2D eigenvalue weighted by molar-refractivity contribution is 5.92. The van der Waals surface area contributed by atoms with E-state index < -0.39 is 6.10 Å². The summed E-state index contributed by atoms with van der Waals surface area (Å²) in [6.45, 7) is 0.950. The van der Waals surface area contributed by atoms with Gasteiger partial charge in [0.1, 0.15) is 0 Å². The van der Waals surface area contributed by atoms with Gasteiger partial charge in [-0.3, -0.25) is 9.78 Å². The monoisotopic (exact) mass is 308 g/mol. The fraction of sp³-hybridized carbons (Fsp3) is 0.263. The molecule has 1 aromatic carbocycles. The number of pyridine rings is 1. The molecule has 2 atom stereocenters. The van der Waals surface area contributed by atoms with Gasteiger partial charge in [-0.15, -0.1) is 0 Å². The van der Waals surface area contributed by atoms with Gasteiger partial charge in [-0.25, -0.2) is 0 Å². The number of carbonyl (C=O) groups excluding carboxylic acids is 1. The molecule has 0 saturated carbocycles. The van der Waals surface area contributed by atoms with E-state index in [-0.39, 0.29) is 11.8 Å². The first kappa shape index (κ1) is 15.4. The Morgan fingerprint density at radius 3 is 2.70 bits per heavy atom. The van der Waals surface area contributed by atoms with Crippen LogP contribution in [0.5, 0.6) is 0 Å². The minimum Gasteiger partial charge on any atom is -0.391 e. The molecule has 0 unspecified atom stereocenters. The van der Waals surface area contributed by atoms with Crippen LogP contribution in [-0.4, -0.2) is 40.1 Å². The molecule has 0 spiro atoms. The smallest absolute Gasteiger partial charge is 0.246 e. The minimum absolute atomic E-state index is 0.0407. The second kappa shape index (κ2) is 7.20. The van der Waals surface area contributed by atoms with E-state index in [1.54, 1.807) is 23.2 Å². The van der Waals surface area contributed by atoms with Gasteiger partial charge in [0.15, 0.2) is 0 Å². The summed E-state index contributed by atoms with van der Waals surface area (Å²) >= 11 is 0. The van der Waals surface area contributed by atoms with E-state index in [0.29, 0.717) is 19.5 Å². The molecule has 4 heteroatoms. The van der Waals surface area contributed by atoms with Crippen LogP contribution in [0.25, 0.3) is 6.08 Å². The zero-order valence-electron chi connectivity index (χ0n) is 12.9. The third-order valence-corrected chi connectivity index (χ3v) is 4.13. The minimum atomic E-state index is -0.494. The molecule has 1 amide bonds. The molecule has 118 valence electrons. The van der Waals surface area contributed by atoms with E-state index in [1.165, 1.54) is 0 Å². The Labute approximate surface area is 136 Å². The Morgan fingerprint density at radius 2 is 1.96 bits per heavy atom. The molecule has 1 N–H and O–H groups in total. The van der Waals surface area contributed by atoms with E-state index in [4.69, 9.17) is 0 Å². The van der Waals surface area contributed by atoms with Crippen molar-refractivity contribution in [2.24, 2.45) is 5.92 Å². The number of aliphatic hydroxyl groups excluding tert-OH is 1. The Morgan fingerprint density at radius 1 is 1.17 bits per heavy atom. The van der Waals surface area contributed by atoms with Crippen LogP contribution >= 0.6 is 0 Å². The molecule has 1 aliphatic heterocycles. The summed E-state index contributed by atoms with van der Waals surface area (Å²) in [6.07, 6.45) is 5.33. The number of hydrogen-bond donors (Lipinski definition) is 1. The van der Waals surface area contributed by atoms with Gasteiger partial charge in [0, 0.05) is 37.0 Å². The van der Waals surface area contributed by atoms with Crippen molar-refractivity contribution in [2.75, 3.05) is 13.1 Å². The van der Waals surface area contributed by atoms with Gasteiger partial charge in [-0.2, -0.15) is 0 Å². The van der Waals surface area contributed by atoms with Gasteiger partial charge in [0.25, 0.3) is 0 Å². The first-order valence-corrected chi connectivity index (χ1v) is 7.82. The first-order chi connectivity index (χ1) is 11.2. The second-order valence-corrected chi connectivity index (χ2v) is 5.84. The molecule has 23 heavy (non-hydrogen) atoms. The summed E-state index contributed by atoms with van der Waals surface area (Å²) in [7, 11) is 0. The van der Waals surface area contributed by atoms with Crippen molar-refractivity contribution in [2.45, 2.75) is 12.5 Å². The van der Waals surface area contributed by atoms with Gasteiger partial charge in [0.05, 0.1) is 6.10 Å². The van der Waals surface area contributed by atoms with Gasteiger partial charge < -0.3 is 10.0 Å². The molecule has 1 aliphatic rings. The lowest BCUT2D eigenvalue weighted by atomic mass is 10.00. The summed E-state index contributed by atoms with van der Waals surface area (Å²) < 4.78 is 0. The Hall–Kier alpha value is -2.46. The van der Waals surface area contributed by atoms with Crippen LogP contribution in [0.2, 0.25) is 0 Å². The molecule has 1 aromatic heterocycles. The Balaban J connectivity index is 1.59. The molecule has 4 nitrogen and oxygen atoms in total. The number of likely N-dealkylation sites (tertiary alicyclic amines) is 1. The van der Waals surface area contributed by atoms with Crippen molar-refractivity contribution < 1.29 is 9.90 Å². The number of benzene rings is 1. The van der Waals surface area contributed by atoms with Crippen molar-refractivity contribution in [1.29, 1.82) is 0 Å². The zero-order valence-corrected chi connectivity index (χ0v) is 12.9. The van der Waals surface area contributed by atoms with E-state index in [1.807, 2.05) is 48.5 Å². The molecule has 3 rings (SSSR count). The van der Waals surface area contributed by atoms with Gasteiger partial charge in [-0.1, -0.05) is 36.4 Å². The lowest BCUT2D eigenvalue weighted by molar-refractivity contribution is -0.125. The molecule has 2 aromatic rings. The Kier molecular flexibility index (Phi) is 4.83. The van der Waals surface area contributed by atoms with Crippen LogP contribution in [-0.2, 0) is 11.2 Å². The van der Waals surface area contributed by atoms with Crippen molar-refractivity contribution in [3.8, 4) is 0 Å². The van der Waals surface area contributed by atoms with Gasteiger partial charge >= 0.3 is 0 Å². The number of hydrogen-bond acceptors (Lipinski definition) is 3. The fourth-order valence-electron chi connectivity index (χ4n) is 2.86. The summed E-state index contributed by atoms with van der Waals surface area (Å²) in [5.41, 5.74) is 1.94. The average molecular weight is 308 g/mol. The summed E-state index contributed by atoms with van der Waals surface area (Å²) in [6, 6.07) is 15.5. The highest BCUT2D eigenvalue weighted by Crippen LogP contribution is 2.21. The summed E-state index contributed by atoms with van der Waals surface area (Å²) in [5, 5.41) is 10.2. The van der Waals surface area contributed by atoms with E-state index in [0.717, 1.165) is 11.3 Å². The number of amides is 1. The molecule has 0 radical (unpaired) electrons. The third kappa shape index (κ3) is 4.05. The average Bonchev–Trinajstić information content (AvgIpc) is 2.95. The van der Waals surface area contributed by atoms with Crippen LogP contribution in [0.15, 0.2) is 60.8 Å². The molecule has 2 heterocycles. The van der Waals surface area contributed by atoms with Crippen molar-refractivity contribution in [3.63, 3.8) is 0 Å². The number of carbonyl (C=O) groups is 1. The lowest BCUT2D eigenvalue weighted by Gasteiger charge is -2.13. The number of aromatic nitrogens is 1. The second-order valence-electron chi connectivity index (χ2n) is 5.84. The molecule has 1 fully saturated rings. The number of aliphatic hydroxyl groups is 1. The molecule has 1 saturated heterocycles. The molecular formula is C19H20N2O2.